The summed E-state index contributed by atoms with van der Waals surface area (Å²) in [5.74, 6) is -1.33. The van der Waals surface area contributed by atoms with Gasteiger partial charge in [0.25, 0.3) is 5.97 Å². The second-order valence-electron chi connectivity index (χ2n) is 7.17. The molecule has 0 aromatic carbocycles. The zero-order valence-corrected chi connectivity index (χ0v) is 14.9. The molecule has 0 spiro atoms. The summed E-state index contributed by atoms with van der Waals surface area (Å²) < 4.78 is 0. The normalized spacial score (nSPS) is 30.5. The molecule has 2 radical (unpaired) electrons. The van der Waals surface area contributed by atoms with E-state index in [1.54, 1.807) is 0 Å². The molecule has 0 bridgehead atoms. The van der Waals surface area contributed by atoms with E-state index in [0.717, 1.165) is 25.7 Å². The van der Waals surface area contributed by atoms with Crippen molar-refractivity contribution >= 4 is 13.8 Å². The highest BCUT2D eigenvalue weighted by Crippen LogP contribution is 2.30. The standard InChI is InChI=1S/C14H24BNO2.C3H9N/c1-9-4-3-5-10(2)12(16)8-11(7-6-9)13(15)14(17)18;1-4(2)3/h4,10-13H,3,5-8,16H2,1-2H3,(H,17,18);1-3H3/p+1/b9-4+;. The molecule has 126 valence electrons. The first kappa shape index (κ1) is 21.2. The van der Waals surface area contributed by atoms with Crippen LogP contribution in [0.2, 0.25) is 5.82 Å². The average molecular weight is 309 g/mol. The molecule has 0 aliphatic heterocycles. The smallest absolute Gasteiger partial charge is 0.297 e. The van der Waals surface area contributed by atoms with Crippen LogP contribution in [0.15, 0.2) is 11.6 Å². The van der Waals surface area contributed by atoms with E-state index in [4.69, 9.17) is 18.7 Å². The fourth-order valence-corrected chi connectivity index (χ4v) is 2.55. The van der Waals surface area contributed by atoms with E-state index in [-0.39, 0.29) is 12.0 Å². The van der Waals surface area contributed by atoms with E-state index in [9.17, 15) is 4.79 Å². The Balaban J connectivity index is 0.000000980. The van der Waals surface area contributed by atoms with Crippen molar-refractivity contribution in [2.45, 2.75) is 57.8 Å². The van der Waals surface area contributed by atoms with Gasteiger partial charge < -0.3 is 15.7 Å². The lowest BCUT2D eigenvalue weighted by molar-refractivity contribution is -0.836. The maximum atomic E-state index is 11.0. The summed E-state index contributed by atoms with van der Waals surface area (Å²) in [6.45, 7) is 4.24. The molecule has 1 aliphatic rings. The van der Waals surface area contributed by atoms with Crippen molar-refractivity contribution in [3.63, 3.8) is 0 Å². The van der Waals surface area contributed by atoms with E-state index in [1.807, 2.05) is 0 Å². The average Bonchev–Trinajstić information content (AvgIpc) is 2.40. The molecule has 0 amide bonds. The number of hydrogen-bond acceptors (Lipinski definition) is 2. The minimum Gasteiger partial charge on any atom is -0.482 e. The third kappa shape index (κ3) is 9.26. The first-order chi connectivity index (χ1) is 10.1. The summed E-state index contributed by atoms with van der Waals surface area (Å²) >= 11 is 0. The number of aliphatic carboxylic acids is 1. The topological polar surface area (TPSA) is 67.8 Å². The van der Waals surface area contributed by atoms with Gasteiger partial charge in [0.05, 0.1) is 29.0 Å². The van der Waals surface area contributed by atoms with Gasteiger partial charge in [0.2, 0.25) is 0 Å². The predicted octanol–water partition coefficient (Wildman–Crippen LogP) is 1.28. The second kappa shape index (κ2) is 10.8. The third-order valence-electron chi connectivity index (χ3n) is 4.12. The molecule has 4 unspecified atom stereocenters. The van der Waals surface area contributed by atoms with Gasteiger partial charge in [-0.3, -0.25) is 4.79 Å². The lowest BCUT2D eigenvalue weighted by Crippen LogP contribution is -3.02. The molecule has 0 aromatic heterocycles. The highest BCUT2D eigenvalue weighted by atomic mass is 16.4. The van der Waals surface area contributed by atoms with Crippen LogP contribution in [0.3, 0.4) is 0 Å². The Morgan fingerprint density at radius 3 is 2.45 bits per heavy atom. The predicted molar refractivity (Wildman–Crippen MR) is 93.3 cm³/mol. The molecule has 0 heterocycles. The van der Waals surface area contributed by atoms with E-state index in [0.29, 0.717) is 12.3 Å². The van der Waals surface area contributed by atoms with Gasteiger partial charge in [-0.15, -0.1) is 0 Å². The number of quaternary nitrogens is 1. The number of rotatable bonds is 2. The van der Waals surface area contributed by atoms with Gasteiger partial charge >= 0.3 is 0 Å². The molecule has 1 rings (SSSR count). The van der Waals surface area contributed by atoms with E-state index >= 15 is 0 Å². The van der Waals surface area contributed by atoms with Gasteiger partial charge in [0.15, 0.2) is 0 Å². The van der Waals surface area contributed by atoms with Crippen molar-refractivity contribution in [2.75, 3.05) is 21.1 Å². The number of carbonyl (C=O) groups is 1. The van der Waals surface area contributed by atoms with E-state index < -0.39 is 11.8 Å². The van der Waals surface area contributed by atoms with Crippen LogP contribution < -0.4 is 10.6 Å². The quantitative estimate of drug-likeness (QED) is 0.532. The van der Waals surface area contributed by atoms with Gasteiger partial charge in [-0.25, -0.2) is 0 Å². The van der Waals surface area contributed by atoms with Crippen LogP contribution in [-0.2, 0) is 4.79 Å². The molecule has 0 saturated heterocycles. The minimum absolute atomic E-state index is 0.0265. The molecular weight excluding hydrogens is 275 g/mol. The third-order valence-corrected chi connectivity index (χ3v) is 4.12. The number of nitrogens with two attached hydrogens (primary N) is 1. The van der Waals surface area contributed by atoms with Crippen molar-refractivity contribution in [1.82, 2.24) is 0 Å². The molecule has 0 fully saturated rings. The Morgan fingerprint density at radius 1 is 1.41 bits per heavy atom. The van der Waals surface area contributed by atoms with Crippen LogP contribution in [0.25, 0.3) is 0 Å². The van der Waals surface area contributed by atoms with Crippen LogP contribution in [0.5, 0.6) is 0 Å². The SMILES string of the molecule is C[NH+](C)C.[B]C(C(=O)O)C1CC/C(C)=C/CCC(C)C(N)C1. The molecule has 22 heavy (non-hydrogen) atoms. The molecule has 1 aliphatic carbocycles. The number of hydrogen-bond donors (Lipinski definition) is 3. The highest BCUT2D eigenvalue weighted by molar-refractivity contribution is 6.22. The van der Waals surface area contributed by atoms with Gasteiger partial charge in [-0.1, -0.05) is 18.6 Å². The zero-order chi connectivity index (χ0) is 17.3. The Morgan fingerprint density at radius 2 is 1.95 bits per heavy atom. The largest absolute Gasteiger partial charge is 0.482 e. The Labute approximate surface area is 137 Å². The summed E-state index contributed by atoms with van der Waals surface area (Å²) in [6, 6.07) is 0.0483. The monoisotopic (exact) mass is 309 g/mol. The number of allylic oxidation sites excluding steroid dienone is 2. The molecule has 4 N–H and O–H groups in total. The van der Waals surface area contributed by atoms with Crippen molar-refractivity contribution in [2.24, 2.45) is 17.6 Å². The van der Waals surface area contributed by atoms with Crippen molar-refractivity contribution < 1.29 is 14.8 Å². The fraction of sp³-hybridized carbons (Fsp3) is 0.824. The lowest BCUT2D eigenvalue weighted by atomic mass is 9.70. The van der Waals surface area contributed by atoms with E-state index in [2.05, 4.69) is 41.1 Å². The lowest BCUT2D eigenvalue weighted by Gasteiger charge is -2.29. The Bertz CT molecular complexity index is 356. The van der Waals surface area contributed by atoms with Crippen LogP contribution in [0.4, 0.5) is 0 Å². The summed E-state index contributed by atoms with van der Waals surface area (Å²) in [7, 11) is 12.0. The first-order valence-electron chi connectivity index (χ1n) is 8.31. The van der Waals surface area contributed by atoms with Gasteiger partial charge in [0.1, 0.15) is 0 Å². The zero-order valence-electron chi connectivity index (χ0n) is 14.9. The number of carboxylic acid groups (broad SMARTS) is 1. The van der Waals surface area contributed by atoms with Crippen LogP contribution >= 0.6 is 0 Å². The van der Waals surface area contributed by atoms with E-state index in [1.165, 1.54) is 10.5 Å². The van der Waals surface area contributed by atoms with Crippen LogP contribution in [0.1, 0.15) is 46.0 Å². The summed E-state index contributed by atoms with van der Waals surface area (Å²) in [6.07, 6.45) is 6.83. The number of nitrogens with one attached hydrogen (secondary N) is 1. The van der Waals surface area contributed by atoms with Crippen molar-refractivity contribution in [1.29, 1.82) is 0 Å². The van der Waals surface area contributed by atoms with Gasteiger partial charge in [-0.05, 0) is 50.9 Å². The summed E-state index contributed by atoms with van der Waals surface area (Å²) in [5, 5.41) is 9.06. The Kier molecular flexibility index (Phi) is 10.4. The molecule has 4 nitrogen and oxygen atoms in total. The van der Waals surface area contributed by atoms with Crippen LogP contribution in [-0.4, -0.2) is 46.1 Å². The highest BCUT2D eigenvalue weighted by Gasteiger charge is 2.27. The first-order valence-corrected chi connectivity index (χ1v) is 8.31. The van der Waals surface area contributed by atoms with Crippen molar-refractivity contribution in [3.05, 3.63) is 11.6 Å². The van der Waals surface area contributed by atoms with Crippen LogP contribution in [0, 0.1) is 11.8 Å². The van der Waals surface area contributed by atoms with Gasteiger partial charge in [-0.2, -0.15) is 0 Å². The fourth-order valence-electron chi connectivity index (χ4n) is 2.55. The molecular formula is C17H34BN2O2+. The maximum Gasteiger partial charge on any atom is 0.297 e. The minimum atomic E-state index is -0.918. The second-order valence-corrected chi connectivity index (χ2v) is 7.17. The summed E-state index contributed by atoms with van der Waals surface area (Å²) in [5.41, 5.74) is 7.50. The summed E-state index contributed by atoms with van der Waals surface area (Å²) in [4.78, 5) is 12.5. The van der Waals surface area contributed by atoms with Crippen molar-refractivity contribution in [3.8, 4) is 0 Å². The number of carboxylic acids is 1. The maximum absolute atomic E-state index is 11.0. The molecule has 4 atom stereocenters. The molecule has 0 aromatic rings. The molecule has 5 heteroatoms. The van der Waals surface area contributed by atoms with Gasteiger partial charge in [0, 0.05) is 11.9 Å². The molecule has 0 saturated carbocycles. The Hall–Kier alpha value is -0.805.